The van der Waals surface area contributed by atoms with Crippen LogP contribution in [0, 0.1) is 5.92 Å². The second kappa shape index (κ2) is 5.51. The first-order valence-electron chi connectivity index (χ1n) is 5.92. The molecule has 2 heterocycles. The molecule has 0 amide bonds. The first-order valence-corrected chi connectivity index (χ1v) is 6.67. The van der Waals surface area contributed by atoms with Gasteiger partial charge in [0, 0.05) is 20.2 Å². The van der Waals surface area contributed by atoms with Crippen molar-refractivity contribution in [3.63, 3.8) is 0 Å². The quantitative estimate of drug-likeness (QED) is 0.910. The Kier molecular flexibility index (Phi) is 4.20. The van der Waals surface area contributed by atoms with E-state index in [1.165, 1.54) is 0 Å². The minimum atomic E-state index is 0.188. The fourth-order valence-corrected chi connectivity index (χ4v) is 2.70. The maximum absolute atomic E-state index is 6.18. The van der Waals surface area contributed by atoms with Crippen LogP contribution in [0.25, 0.3) is 0 Å². The number of anilines is 2. The van der Waals surface area contributed by atoms with Crippen LogP contribution in [0.3, 0.4) is 0 Å². The molecule has 2 atom stereocenters. The zero-order valence-corrected chi connectivity index (χ0v) is 12.0. The lowest BCUT2D eigenvalue weighted by Crippen LogP contribution is -2.44. The van der Waals surface area contributed by atoms with Crippen molar-refractivity contribution in [1.82, 2.24) is 4.98 Å². The molecule has 6 heteroatoms. The Balaban J connectivity index is 2.24. The molecule has 0 bridgehead atoms. The van der Waals surface area contributed by atoms with Crippen LogP contribution in [0.1, 0.15) is 13.3 Å². The van der Waals surface area contributed by atoms with Gasteiger partial charge in [0.1, 0.15) is 11.6 Å². The number of hydrogen-bond acceptors (Lipinski definition) is 4. The predicted octanol–water partition coefficient (Wildman–Crippen LogP) is 2.83. The third kappa shape index (κ3) is 2.66. The topological polar surface area (TPSA) is 51.4 Å². The number of hydrogen-bond donors (Lipinski definition) is 1. The minimum absolute atomic E-state index is 0.188. The van der Waals surface area contributed by atoms with Gasteiger partial charge in [-0.2, -0.15) is 0 Å². The molecule has 1 fully saturated rings. The van der Waals surface area contributed by atoms with Crippen LogP contribution in [0.2, 0.25) is 10.0 Å². The summed E-state index contributed by atoms with van der Waals surface area (Å²) in [4.78, 5) is 6.37. The van der Waals surface area contributed by atoms with Crippen molar-refractivity contribution in [3.8, 4) is 0 Å². The first-order chi connectivity index (χ1) is 8.52. The van der Waals surface area contributed by atoms with E-state index in [9.17, 15) is 0 Å². The number of nitrogens with two attached hydrogens (primary N) is 1. The third-order valence-electron chi connectivity index (χ3n) is 3.43. The molecule has 100 valence electrons. The number of rotatable bonds is 2. The zero-order valence-electron chi connectivity index (χ0n) is 10.5. The monoisotopic (exact) mass is 289 g/mol. The summed E-state index contributed by atoms with van der Waals surface area (Å²) in [5, 5.41) is 0.913. The maximum atomic E-state index is 6.18. The van der Waals surface area contributed by atoms with Crippen molar-refractivity contribution in [3.05, 3.63) is 16.1 Å². The molecule has 2 rings (SSSR count). The molecule has 1 aromatic rings. The Morgan fingerprint density at radius 1 is 1.44 bits per heavy atom. The van der Waals surface area contributed by atoms with Gasteiger partial charge in [0.25, 0.3) is 0 Å². The van der Waals surface area contributed by atoms with E-state index < -0.39 is 0 Å². The molecule has 1 aliphatic rings. The Labute approximate surface area is 117 Å². The van der Waals surface area contributed by atoms with Gasteiger partial charge in [-0.05, 0) is 18.4 Å². The van der Waals surface area contributed by atoms with Gasteiger partial charge in [0.15, 0.2) is 0 Å². The van der Waals surface area contributed by atoms with Gasteiger partial charge in [-0.3, -0.25) is 0 Å². The van der Waals surface area contributed by atoms with Crippen LogP contribution in [-0.2, 0) is 4.74 Å². The first kappa shape index (κ1) is 13.7. The average molecular weight is 290 g/mol. The standard InChI is InChI=1S/C12H17Cl2N3O/c1-7-3-4-17(6-10(7)18-2)12-9(14)5-8(13)11(15)16-12/h5,7,10H,3-4,6H2,1-2H3,(H2,15,16). The normalized spacial score (nSPS) is 24.3. The lowest BCUT2D eigenvalue weighted by molar-refractivity contribution is 0.0496. The molecule has 0 spiro atoms. The molecule has 0 aromatic carbocycles. The summed E-state index contributed by atoms with van der Waals surface area (Å²) in [5.74, 6) is 1.53. The molecule has 2 N–H and O–H groups in total. The summed E-state index contributed by atoms with van der Waals surface area (Å²) in [7, 11) is 1.73. The van der Waals surface area contributed by atoms with Crippen LogP contribution >= 0.6 is 23.2 Å². The van der Waals surface area contributed by atoms with Gasteiger partial charge in [0.2, 0.25) is 0 Å². The van der Waals surface area contributed by atoms with E-state index in [0.29, 0.717) is 27.6 Å². The number of pyridine rings is 1. The molecule has 1 saturated heterocycles. The molecule has 0 saturated carbocycles. The Bertz CT molecular complexity index is 442. The molecule has 18 heavy (non-hydrogen) atoms. The van der Waals surface area contributed by atoms with Crippen LogP contribution < -0.4 is 10.6 Å². The molecule has 1 aromatic heterocycles. The van der Waals surface area contributed by atoms with Crippen LogP contribution in [0.15, 0.2) is 6.07 Å². The molecular weight excluding hydrogens is 273 g/mol. The molecule has 0 radical (unpaired) electrons. The molecule has 1 aliphatic heterocycles. The van der Waals surface area contributed by atoms with E-state index in [2.05, 4.69) is 16.8 Å². The van der Waals surface area contributed by atoms with Gasteiger partial charge in [-0.25, -0.2) is 4.98 Å². The number of ether oxygens (including phenoxy) is 1. The number of methoxy groups -OCH3 is 1. The number of halogens is 2. The summed E-state index contributed by atoms with van der Waals surface area (Å²) < 4.78 is 5.48. The maximum Gasteiger partial charge on any atom is 0.150 e. The number of piperidine rings is 1. The average Bonchev–Trinajstić information content (AvgIpc) is 2.35. The lowest BCUT2D eigenvalue weighted by Gasteiger charge is -2.37. The summed E-state index contributed by atoms with van der Waals surface area (Å²) in [6, 6.07) is 1.64. The molecule has 0 aliphatic carbocycles. The van der Waals surface area contributed by atoms with E-state index in [1.807, 2.05) is 0 Å². The van der Waals surface area contributed by atoms with Crippen LogP contribution in [-0.4, -0.2) is 31.3 Å². The van der Waals surface area contributed by atoms with E-state index in [1.54, 1.807) is 13.2 Å². The summed E-state index contributed by atoms with van der Waals surface area (Å²) in [6.07, 6.45) is 1.23. The zero-order chi connectivity index (χ0) is 13.3. The molecular formula is C12H17Cl2N3O. The number of aromatic nitrogens is 1. The second-order valence-corrected chi connectivity index (χ2v) is 5.46. The fraction of sp³-hybridized carbons (Fsp3) is 0.583. The number of nitrogens with zero attached hydrogens (tertiary/aromatic N) is 2. The predicted molar refractivity (Wildman–Crippen MR) is 75.5 cm³/mol. The lowest BCUT2D eigenvalue weighted by atomic mass is 9.96. The summed E-state index contributed by atoms with van der Waals surface area (Å²) >= 11 is 12.1. The van der Waals surface area contributed by atoms with E-state index in [0.717, 1.165) is 19.5 Å². The van der Waals surface area contributed by atoms with Gasteiger partial charge in [-0.1, -0.05) is 30.1 Å². The largest absolute Gasteiger partial charge is 0.382 e. The van der Waals surface area contributed by atoms with Gasteiger partial charge < -0.3 is 15.4 Å². The van der Waals surface area contributed by atoms with Crippen LogP contribution in [0.5, 0.6) is 0 Å². The van der Waals surface area contributed by atoms with Gasteiger partial charge >= 0.3 is 0 Å². The highest BCUT2D eigenvalue weighted by Gasteiger charge is 2.28. The number of nitrogen functional groups attached to an aromatic ring is 1. The van der Waals surface area contributed by atoms with Crippen molar-refractivity contribution in [1.29, 1.82) is 0 Å². The summed E-state index contributed by atoms with van der Waals surface area (Å²) in [5.41, 5.74) is 5.73. The smallest absolute Gasteiger partial charge is 0.150 e. The summed E-state index contributed by atoms with van der Waals surface area (Å²) in [6.45, 7) is 3.86. The highest BCUT2D eigenvalue weighted by atomic mass is 35.5. The van der Waals surface area contributed by atoms with Gasteiger partial charge in [-0.15, -0.1) is 0 Å². The Morgan fingerprint density at radius 2 is 2.17 bits per heavy atom. The third-order valence-corrected chi connectivity index (χ3v) is 4.01. The van der Waals surface area contributed by atoms with E-state index >= 15 is 0 Å². The van der Waals surface area contributed by atoms with E-state index in [-0.39, 0.29) is 6.10 Å². The minimum Gasteiger partial charge on any atom is -0.382 e. The Morgan fingerprint density at radius 3 is 2.83 bits per heavy atom. The molecule has 4 nitrogen and oxygen atoms in total. The van der Waals surface area contributed by atoms with Crippen LogP contribution in [0.4, 0.5) is 11.6 Å². The van der Waals surface area contributed by atoms with Crippen molar-refractivity contribution < 1.29 is 4.74 Å². The second-order valence-electron chi connectivity index (χ2n) is 4.65. The highest BCUT2D eigenvalue weighted by molar-refractivity contribution is 6.37. The van der Waals surface area contributed by atoms with Crippen molar-refractivity contribution in [2.24, 2.45) is 5.92 Å². The van der Waals surface area contributed by atoms with Gasteiger partial charge in [0.05, 0.1) is 16.1 Å². The molecule has 2 unspecified atom stereocenters. The van der Waals surface area contributed by atoms with Crippen molar-refractivity contribution >= 4 is 34.8 Å². The SMILES string of the molecule is COC1CN(c2nc(N)c(Cl)cc2Cl)CCC1C. The van der Waals surface area contributed by atoms with Crippen molar-refractivity contribution in [2.45, 2.75) is 19.4 Å². The van der Waals surface area contributed by atoms with Crippen molar-refractivity contribution in [2.75, 3.05) is 30.8 Å². The highest BCUT2D eigenvalue weighted by Crippen LogP contribution is 2.32. The van der Waals surface area contributed by atoms with E-state index in [4.69, 9.17) is 33.7 Å². The fourth-order valence-electron chi connectivity index (χ4n) is 2.23. The Hall–Kier alpha value is -0.710.